The van der Waals surface area contributed by atoms with Gasteiger partial charge in [-0.05, 0) is 12.8 Å². The van der Waals surface area contributed by atoms with Crippen LogP contribution in [0.15, 0.2) is 0 Å². The van der Waals surface area contributed by atoms with Gasteiger partial charge < -0.3 is 10.4 Å². The molecule has 2 N–H and O–H groups in total. The number of piperazine rings is 1. The summed E-state index contributed by atoms with van der Waals surface area (Å²) < 4.78 is 0. The third-order valence-corrected chi connectivity index (χ3v) is 2.41. The van der Waals surface area contributed by atoms with E-state index >= 15 is 0 Å². The molecule has 0 aromatic rings. The van der Waals surface area contributed by atoms with E-state index in [-0.39, 0.29) is 12.1 Å². The molecule has 1 fully saturated rings. The molecule has 1 saturated heterocycles. The lowest BCUT2D eigenvalue weighted by molar-refractivity contribution is 0.0937. The van der Waals surface area contributed by atoms with Gasteiger partial charge in [-0.2, -0.15) is 0 Å². The molecule has 3 nitrogen and oxygen atoms in total. The average molecular weight is 185 g/mol. The lowest BCUT2D eigenvalue weighted by Crippen LogP contribution is -2.55. The molecule has 3 heteroatoms. The van der Waals surface area contributed by atoms with Crippen molar-refractivity contribution in [3.8, 4) is 0 Å². The number of rotatable bonds is 3. The monoisotopic (exact) mass is 185 g/mol. The first kappa shape index (κ1) is 11.0. The van der Waals surface area contributed by atoms with Crippen LogP contribution >= 0.6 is 0 Å². The summed E-state index contributed by atoms with van der Waals surface area (Å²) in [5.74, 6) is 1.44. The van der Waals surface area contributed by atoms with E-state index in [9.17, 15) is 5.11 Å². The van der Waals surface area contributed by atoms with Crippen LogP contribution in [0.25, 0.3) is 0 Å². The molecule has 13 heavy (non-hydrogen) atoms. The molecule has 1 aliphatic heterocycles. The third-order valence-electron chi connectivity index (χ3n) is 2.41. The average Bonchev–Trinajstić information content (AvgIpc) is 2.03. The predicted molar refractivity (Wildman–Crippen MR) is 54.5 cm³/mol. The van der Waals surface area contributed by atoms with Gasteiger partial charge in [0.25, 0.3) is 0 Å². The second kappa shape index (κ2) is 4.94. The Kier molecular flexibility index (Phi) is 4.16. The van der Waals surface area contributed by atoms with Crippen LogP contribution in [0.3, 0.4) is 0 Å². The second-order valence-corrected chi connectivity index (χ2v) is 4.24. The summed E-state index contributed by atoms with van der Waals surface area (Å²) in [6.45, 7) is 10.3. The summed E-state index contributed by atoms with van der Waals surface area (Å²) in [6.07, 6.45) is -0.250. The normalized spacial score (nSPS) is 27.9. The van der Waals surface area contributed by atoms with Gasteiger partial charge in [0.15, 0.2) is 0 Å². The SMILES string of the molecule is C[C](C)CN1CCNC(C(C)O)C1. The van der Waals surface area contributed by atoms with Crippen molar-refractivity contribution >= 4 is 0 Å². The summed E-state index contributed by atoms with van der Waals surface area (Å²) in [6, 6.07) is 0.244. The van der Waals surface area contributed by atoms with Gasteiger partial charge in [0, 0.05) is 32.2 Å². The van der Waals surface area contributed by atoms with Gasteiger partial charge in [-0.3, -0.25) is 4.90 Å². The Morgan fingerprint density at radius 1 is 1.62 bits per heavy atom. The largest absolute Gasteiger partial charge is 0.392 e. The minimum absolute atomic E-state index is 0.244. The molecule has 2 atom stereocenters. The molecule has 0 aliphatic carbocycles. The van der Waals surface area contributed by atoms with Crippen molar-refractivity contribution < 1.29 is 5.11 Å². The molecule has 0 spiro atoms. The van der Waals surface area contributed by atoms with E-state index in [1.165, 1.54) is 5.92 Å². The second-order valence-electron chi connectivity index (χ2n) is 4.24. The standard InChI is InChI=1S/C10H21N2O/c1-8(2)6-12-5-4-11-10(7-12)9(3)13/h9-11,13H,4-7H2,1-3H3. The molecule has 1 rings (SSSR count). The maximum atomic E-state index is 9.43. The number of aliphatic hydroxyl groups excluding tert-OH is 1. The molecule has 1 aliphatic rings. The maximum Gasteiger partial charge on any atom is 0.0677 e. The Morgan fingerprint density at radius 3 is 2.85 bits per heavy atom. The number of nitrogens with one attached hydrogen (secondary N) is 1. The topological polar surface area (TPSA) is 35.5 Å². The fourth-order valence-corrected chi connectivity index (χ4v) is 1.76. The highest BCUT2D eigenvalue weighted by Gasteiger charge is 2.22. The Hall–Kier alpha value is -0.120. The smallest absolute Gasteiger partial charge is 0.0677 e. The van der Waals surface area contributed by atoms with Gasteiger partial charge in [0.05, 0.1) is 6.10 Å². The molecule has 0 aromatic heterocycles. The fraction of sp³-hybridized carbons (Fsp3) is 0.900. The summed E-state index contributed by atoms with van der Waals surface area (Å²) in [5.41, 5.74) is 0. The fourth-order valence-electron chi connectivity index (χ4n) is 1.76. The highest BCUT2D eigenvalue weighted by atomic mass is 16.3. The first-order valence-corrected chi connectivity index (χ1v) is 5.02. The van der Waals surface area contributed by atoms with E-state index in [0.29, 0.717) is 0 Å². The summed E-state index contributed by atoms with van der Waals surface area (Å²) >= 11 is 0. The molecule has 0 aromatic carbocycles. The van der Waals surface area contributed by atoms with Crippen LogP contribution in [-0.2, 0) is 0 Å². The minimum atomic E-state index is -0.250. The van der Waals surface area contributed by atoms with Crippen LogP contribution in [0, 0.1) is 5.92 Å². The van der Waals surface area contributed by atoms with E-state index in [4.69, 9.17) is 0 Å². The number of aliphatic hydroxyl groups is 1. The van der Waals surface area contributed by atoms with Crippen molar-refractivity contribution in [1.82, 2.24) is 10.2 Å². The molecule has 2 unspecified atom stereocenters. The molecule has 77 valence electrons. The molecular formula is C10H21N2O. The van der Waals surface area contributed by atoms with Crippen molar-refractivity contribution in [1.29, 1.82) is 0 Å². The van der Waals surface area contributed by atoms with Gasteiger partial charge in [-0.15, -0.1) is 0 Å². The van der Waals surface area contributed by atoms with Crippen LogP contribution in [0.2, 0.25) is 0 Å². The molecule has 1 radical (unpaired) electrons. The van der Waals surface area contributed by atoms with Crippen LogP contribution in [-0.4, -0.2) is 48.3 Å². The van der Waals surface area contributed by atoms with Gasteiger partial charge in [0.1, 0.15) is 0 Å². The zero-order valence-electron chi connectivity index (χ0n) is 8.88. The highest BCUT2D eigenvalue weighted by molar-refractivity contribution is 4.88. The summed E-state index contributed by atoms with van der Waals surface area (Å²) in [5, 5.41) is 12.8. The lowest BCUT2D eigenvalue weighted by atomic mass is 10.1. The van der Waals surface area contributed by atoms with Crippen molar-refractivity contribution in [2.45, 2.75) is 32.9 Å². The van der Waals surface area contributed by atoms with Crippen molar-refractivity contribution in [3.05, 3.63) is 5.92 Å². The zero-order chi connectivity index (χ0) is 9.84. The molecule has 1 heterocycles. The van der Waals surface area contributed by atoms with Crippen molar-refractivity contribution in [2.75, 3.05) is 26.2 Å². The summed E-state index contributed by atoms with van der Waals surface area (Å²) in [7, 11) is 0. The van der Waals surface area contributed by atoms with E-state index in [0.717, 1.165) is 26.2 Å². The quantitative estimate of drug-likeness (QED) is 0.662. The van der Waals surface area contributed by atoms with Crippen LogP contribution in [0.4, 0.5) is 0 Å². The zero-order valence-corrected chi connectivity index (χ0v) is 8.88. The summed E-state index contributed by atoms with van der Waals surface area (Å²) in [4.78, 5) is 2.39. The first-order chi connectivity index (χ1) is 6.09. The van der Waals surface area contributed by atoms with E-state index in [2.05, 4.69) is 24.1 Å². The van der Waals surface area contributed by atoms with E-state index in [1.807, 2.05) is 6.92 Å². The van der Waals surface area contributed by atoms with Crippen molar-refractivity contribution in [2.24, 2.45) is 0 Å². The molecule has 0 amide bonds. The lowest BCUT2D eigenvalue weighted by Gasteiger charge is -2.35. The maximum absolute atomic E-state index is 9.43. The van der Waals surface area contributed by atoms with Crippen LogP contribution in [0.5, 0.6) is 0 Å². The number of hydrogen-bond donors (Lipinski definition) is 2. The Morgan fingerprint density at radius 2 is 2.31 bits per heavy atom. The van der Waals surface area contributed by atoms with Gasteiger partial charge in [-0.25, -0.2) is 0 Å². The minimum Gasteiger partial charge on any atom is -0.392 e. The van der Waals surface area contributed by atoms with Crippen LogP contribution < -0.4 is 5.32 Å². The molecule has 0 saturated carbocycles. The van der Waals surface area contributed by atoms with Crippen molar-refractivity contribution in [3.63, 3.8) is 0 Å². The Labute approximate surface area is 81.1 Å². The van der Waals surface area contributed by atoms with Gasteiger partial charge in [-0.1, -0.05) is 13.8 Å². The van der Waals surface area contributed by atoms with E-state index in [1.54, 1.807) is 0 Å². The van der Waals surface area contributed by atoms with Gasteiger partial charge >= 0.3 is 0 Å². The molecular weight excluding hydrogens is 164 g/mol. The van der Waals surface area contributed by atoms with Gasteiger partial charge in [0.2, 0.25) is 0 Å². The number of nitrogens with zero attached hydrogens (tertiary/aromatic N) is 1. The third kappa shape index (κ3) is 3.63. The Balaban J connectivity index is 2.33. The Bertz CT molecular complexity index is 148. The highest BCUT2D eigenvalue weighted by Crippen LogP contribution is 2.06. The first-order valence-electron chi connectivity index (χ1n) is 5.02. The van der Waals surface area contributed by atoms with E-state index < -0.39 is 0 Å². The predicted octanol–water partition coefficient (Wildman–Crippen LogP) is 0.255. The van der Waals surface area contributed by atoms with Crippen LogP contribution in [0.1, 0.15) is 20.8 Å². The molecule has 0 bridgehead atoms. The number of hydrogen-bond acceptors (Lipinski definition) is 3.